The summed E-state index contributed by atoms with van der Waals surface area (Å²) in [7, 11) is 0. The molecule has 2 heterocycles. The van der Waals surface area contributed by atoms with Gasteiger partial charge >= 0.3 is 6.18 Å². The number of carbonyl (C=O) groups excluding carboxylic acids is 1. The van der Waals surface area contributed by atoms with E-state index in [1.54, 1.807) is 18.3 Å². The standard InChI is InChI=1S/C20H17F3N4OS/c21-20(22,23)14-8-9-17(27-13-14)24-11-12-25-18(28)16-7-4-10-26-19(16)29-15-5-2-1-3-6-15/h1-10,13H,11-12H2,(H,24,27)(H,25,28). The highest BCUT2D eigenvalue weighted by Gasteiger charge is 2.30. The van der Waals surface area contributed by atoms with Crippen LogP contribution in [0.4, 0.5) is 19.0 Å². The summed E-state index contributed by atoms with van der Waals surface area (Å²) in [6.45, 7) is 0.581. The van der Waals surface area contributed by atoms with Gasteiger partial charge in [-0.25, -0.2) is 9.97 Å². The molecule has 5 nitrogen and oxygen atoms in total. The second-order valence-corrected chi connectivity index (χ2v) is 6.95. The molecule has 0 saturated heterocycles. The second-order valence-electron chi connectivity index (χ2n) is 5.88. The Kier molecular flexibility index (Phi) is 6.71. The second kappa shape index (κ2) is 9.42. The fourth-order valence-corrected chi connectivity index (χ4v) is 3.27. The lowest BCUT2D eigenvalue weighted by Crippen LogP contribution is -2.29. The van der Waals surface area contributed by atoms with Crippen LogP contribution in [0.15, 0.2) is 76.9 Å². The molecule has 150 valence electrons. The third-order valence-corrected chi connectivity index (χ3v) is 4.81. The van der Waals surface area contributed by atoms with Crippen LogP contribution in [0.25, 0.3) is 0 Å². The first kappa shape index (κ1) is 20.7. The topological polar surface area (TPSA) is 66.9 Å². The summed E-state index contributed by atoms with van der Waals surface area (Å²) < 4.78 is 37.6. The number of amides is 1. The number of nitrogens with zero attached hydrogens (tertiary/aromatic N) is 2. The highest BCUT2D eigenvalue weighted by Crippen LogP contribution is 2.29. The maximum atomic E-state index is 12.5. The quantitative estimate of drug-likeness (QED) is 0.554. The van der Waals surface area contributed by atoms with Crippen molar-refractivity contribution in [3.63, 3.8) is 0 Å². The van der Waals surface area contributed by atoms with E-state index in [0.717, 1.165) is 17.2 Å². The highest BCUT2D eigenvalue weighted by atomic mass is 32.2. The van der Waals surface area contributed by atoms with Crippen molar-refractivity contribution in [1.29, 1.82) is 0 Å². The average Bonchev–Trinajstić information content (AvgIpc) is 2.72. The Balaban J connectivity index is 1.52. The van der Waals surface area contributed by atoms with Crippen LogP contribution in [0.2, 0.25) is 0 Å². The number of nitrogens with one attached hydrogen (secondary N) is 2. The third-order valence-electron chi connectivity index (χ3n) is 3.78. The van der Waals surface area contributed by atoms with Gasteiger partial charge in [0.05, 0.1) is 11.1 Å². The predicted molar refractivity (Wildman–Crippen MR) is 105 cm³/mol. The molecule has 0 radical (unpaired) electrons. The molecule has 0 atom stereocenters. The first-order valence-corrected chi connectivity index (χ1v) is 9.48. The van der Waals surface area contributed by atoms with Crippen molar-refractivity contribution in [2.45, 2.75) is 16.1 Å². The van der Waals surface area contributed by atoms with Gasteiger partial charge in [0.15, 0.2) is 0 Å². The fraction of sp³-hybridized carbons (Fsp3) is 0.150. The van der Waals surface area contributed by atoms with Crippen LogP contribution in [0.5, 0.6) is 0 Å². The van der Waals surface area contributed by atoms with Gasteiger partial charge in [-0.1, -0.05) is 30.0 Å². The van der Waals surface area contributed by atoms with E-state index < -0.39 is 11.7 Å². The lowest BCUT2D eigenvalue weighted by molar-refractivity contribution is -0.137. The molecule has 0 aliphatic carbocycles. The molecule has 0 unspecified atom stereocenters. The summed E-state index contributed by atoms with van der Waals surface area (Å²) >= 11 is 1.39. The molecule has 0 aliphatic heterocycles. The molecule has 0 aliphatic rings. The van der Waals surface area contributed by atoms with Crippen molar-refractivity contribution in [2.24, 2.45) is 0 Å². The minimum Gasteiger partial charge on any atom is -0.368 e. The van der Waals surface area contributed by atoms with Gasteiger partial charge in [-0.3, -0.25) is 4.79 Å². The number of rotatable bonds is 7. The van der Waals surface area contributed by atoms with Crippen molar-refractivity contribution >= 4 is 23.5 Å². The number of aromatic nitrogens is 2. The fourth-order valence-electron chi connectivity index (χ4n) is 2.37. The SMILES string of the molecule is O=C(NCCNc1ccc(C(F)(F)F)cn1)c1cccnc1Sc1ccccc1. The smallest absolute Gasteiger partial charge is 0.368 e. The molecule has 3 aromatic rings. The molecule has 2 aromatic heterocycles. The molecule has 0 bridgehead atoms. The van der Waals surface area contributed by atoms with E-state index in [-0.39, 0.29) is 12.5 Å². The minimum atomic E-state index is -4.42. The molecule has 9 heteroatoms. The first-order chi connectivity index (χ1) is 13.9. The zero-order valence-electron chi connectivity index (χ0n) is 15.1. The van der Waals surface area contributed by atoms with Crippen molar-refractivity contribution < 1.29 is 18.0 Å². The Labute approximate surface area is 169 Å². The number of halogens is 3. The van der Waals surface area contributed by atoms with Gasteiger partial charge in [0.1, 0.15) is 10.8 Å². The summed E-state index contributed by atoms with van der Waals surface area (Å²) in [5, 5.41) is 6.23. The highest BCUT2D eigenvalue weighted by molar-refractivity contribution is 7.99. The average molecular weight is 418 g/mol. The van der Waals surface area contributed by atoms with Crippen LogP contribution >= 0.6 is 11.8 Å². The monoisotopic (exact) mass is 418 g/mol. The van der Waals surface area contributed by atoms with Crippen LogP contribution in [0.3, 0.4) is 0 Å². The molecule has 0 fully saturated rings. The van der Waals surface area contributed by atoms with Crippen molar-refractivity contribution in [1.82, 2.24) is 15.3 Å². The molecule has 0 saturated carbocycles. The Morgan fingerprint density at radius 1 is 0.966 bits per heavy atom. The maximum Gasteiger partial charge on any atom is 0.417 e. The lowest BCUT2D eigenvalue weighted by atomic mass is 10.2. The molecular weight excluding hydrogens is 401 g/mol. The Morgan fingerprint density at radius 2 is 1.76 bits per heavy atom. The summed E-state index contributed by atoms with van der Waals surface area (Å²) in [4.78, 5) is 21.5. The Morgan fingerprint density at radius 3 is 2.45 bits per heavy atom. The van der Waals surface area contributed by atoms with Crippen molar-refractivity contribution in [3.05, 3.63) is 78.1 Å². The summed E-state index contributed by atoms with van der Waals surface area (Å²) in [6.07, 6.45) is -2.03. The van der Waals surface area contributed by atoms with Crippen LogP contribution in [-0.2, 0) is 6.18 Å². The zero-order valence-corrected chi connectivity index (χ0v) is 15.9. The van der Waals surface area contributed by atoms with Crippen molar-refractivity contribution in [2.75, 3.05) is 18.4 Å². The summed E-state index contributed by atoms with van der Waals surface area (Å²) in [5.74, 6) is 0.0210. The lowest BCUT2D eigenvalue weighted by Gasteiger charge is -2.11. The largest absolute Gasteiger partial charge is 0.417 e. The van der Waals surface area contributed by atoms with E-state index >= 15 is 0 Å². The number of hydrogen-bond donors (Lipinski definition) is 2. The first-order valence-electron chi connectivity index (χ1n) is 8.67. The predicted octanol–water partition coefficient (Wildman–Crippen LogP) is 4.49. The number of carbonyl (C=O) groups is 1. The maximum absolute atomic E-state index is 12.5. The van der Waals surface area contributed by atoms with Gasteiger partial charge in [-0.05, 0) is 36.4 Å². The van der Waals surface area contributed by atoms with Gasteiger partial charge in [-0.2, -0.15) is 13.2 Å². The van der Waals surface area contributed by atoms with Gasteiger partial charge in [0.25, 0.3) is 5.91 Å². The Hall–Kier alpha value is -3.07. The molecule has 2 N–H and O–H groups in total. The van der Waals surface area contributed by atoms with Crippen LogP contribution in [0, 0.1) is 0 Å². The van der Waals surface area contributed by atoms with Gasteiger partial charge in [-0.15, -0.1) is 0 Å². The van der Waals surface area contributed by atoms with E-state index in [0.29, 0.717) is 23.0 Å². The molecule has 1 aromatic carbocycles. The number of pyridine rings is 2. The van der Waals surface area contributed by atoms with Gasteiger partial charge in [0, 0.05) is 30.4 Å². The Bertz CT molecular complexity index is 950. The van der Waals surface area contributed by atoms with E-state index in [9.17, 15) is 18.0 Å². The van der Waals surface area contributed by atoms with E-state index in [4.69, 9.17) is 0 Å². The van der Waals surface area contributed by atoms with E-state index in [1.165, 1.54) is 17.8 Å². The minimum absolute atomic E-state index is 0.270. The summed E-state index contributed by atoms with van der Waals surface area (Å²) in [6, 6.07) is 15.2. The molecular formula is C20H17F3N4OS. The number of hydrogen-bond acceptors (Lipinski definition) is 5. The number of anilines is 1. The molecule has 0 spiro atoms. The zero-order chi connectivity index (χ0) is 20.7. The molecule has 1 amide bonds. The van der Waals surface area contributed by atoms with Crippen molar-refractivity contribution in [3.8, 4) is 0 Å². The molecule has 3 rings (SSSR count). The van der Waals surface area contributed by atoms with E-state index in [2.05, 4.69) is 20.6 Å². The van der Waals surface area contributed by atoms with Crippen LogP contribution in [-0.4, -0.2) is 29.0 Å². The van der Waals surface area contributed by atoms with Gasteiger partial charge in [0.2, 0.25) is 0 Å². The van der Waals surface area contributed by atoms with Gasteiger partial charge < -0.3 is 10.6 Å². The number of alkyl halides is 3. The number of benzene rings is 1. The summed E-state index contributed by atoms with van der Waals surface area (Å²) in [5.41, 5.74) is -0.356. The molecule has 29 heavy (non-hydrogen) atoms. The van der Waals surface area contributed by atoms with E-state index in [1.807, 2.05) is 30.3 Å². The van der Waals surface area contributed by atoms with Crippen LogP contribution in [0.1, 0.15) is 15.9 Å². The normalized spacial score (nSPS) is 11.1. The third kappa shape index (κ3) is 5.95. The van der Waals surface area contributed by atoms with Crippen LogP contribution < -0.4 is 10.6 Å².